The third-order valence-corrected chi connectivity index (χ3v) is 4.23. The molecule has 2 rings (SSSR count). The number of amides is 1. The zero-order chi connectivity index (χ0) is 16.1. The fourth-order valence-corrected chi connectivity index (χ4v) is 2.99. The van der Waals surface area contributed by atoms with Gasteiger partial charge in [0.1, 0.15) is 5.75 Å². The topological polar surface area (TPSA) is 64.4 Å². The molecule has 0 saturated heterocycles. The molecule has 0 spiro atoms. The first-order valence-corrected chi connectivity index (χ1v) is 8.24. The van der Waals surface area contributed by atoms with Gasteiger partial charge in [0.15, 0.2) is 0 Å². The molecule has 1 aromatic carbocycles. The average molecular weight is 341 g/mol. The van der Waals surface area contributed by atoms with Crippen molar-refractivity contribution in [2.75, 3.05) is 0 Å². The average Bonchev–Trinajstić information content (AvgIpc) is 2.82. The number of aryl methyl sites for hydroxylation is 1. The molecule has 2 atom stereocenters. The summed E-state index contributed by atoms with van der Waals surface area (Å²) in [5, 5.41) is 3.01. The van der Waals surface area contributed by atoms with Crippen LogP contribution in [0.4, 0.5) is 0 Å². The lowest BCUT2D eigenvalue weighted by Crippen LogP contribution is -2.31. The lowest BCUT2D eigenvalue weighted by Gasteiger charge is -2.17. The van der Waals surface area contributed by atoms with E-state index >= 15 is 0 Å². The molecule has 0 aliphatic heterocycles. The van der Waals surface area contributed by atoms with Crippen molar-refractivity contribution < 1.29 is 9.53 Å². The van der Waals surface area contributed by atoms with Crippen LogP contribution in [0.15, 0.2) is 18.2 Å². The minimum Gasteiger partial charge on any atom is -0.491 e. The predicted octanol–water partition coefficient (Wildman–Crippen LogP) is 3.34. The van der Waals surface area contributed by atoms with Crippen molar-refractivity contribution in [2.24, 2.45) is 11.7 Å². The Morgan fingerprint density at radius 2 is 2.13 bits per heavy atom. The van der Waals surface area contributed by atoms with Crippen molar-refractivity contribution in [3.63, 3.8) is 0 Å². The van der Waals surface area contributed by atoms with Crippen molar-refractivity contribution in [2.45, 2.75) is 65.1 Å². The summed E-state index contributed by atoms with van der Waals surface area (Å²) in [6.07, 6.45) is 3.91. The number of hydrogen-bond acceptors (Lipinski definition) is 3. The number of halogens is 1. The number of carbonyl (C=O) groups excluding carboxylic acids is 1. The fraction of sp³-hybridized carbons (Fsp3) is 0.611. The molecule has 1 aliphatic rings. The quantitative estimate of drug-likeness (QED) is 0.834. The molecule has 4 nitrogen and oxygen atoms in total. The Morgan fingerprint density at radius 3 is 2.74 bits per heavy atom. The largest absolute Gasteiger partial charge is 0.491 e. The maximum Gasteiger partial charge on any atom is 0.220 e. The minimum absolute atomic E-state index is 0. The number of ether oxygens (including phenoxy) is 1. The standard InChI is InChI=1S/C18H28N2O2.ClH/c1-12(2)22-17-9-13(3)7-8-15(17)11-20-18(21)10-14-5-4-6-16(14)19;/h7-9,12,14,16H,4-6,10-11,19H2,1-3H3,(H,20,21);1H/t14-,16+;/m0./s1. The van der Waals surface area contributed by atoms with Crippen molar-refractivity contribution in [3.8, 4) is 5.75 Å². The Kier molecular flexibility index (Phi) is 7.86. The maximum absolute atomic E-state index is 12.1. The molecule has 0 heterocycles. The Balaban J connectivity index is 0.00000264. The molecule has 1 fully saturated rings. The summed E-state index contributed by atoms with van der Waals surface area (Å²) in [5.41, 5.74) is 8.20. The van der Waals surface area contributed by atoms with Crippen LogP contribution in [-0.2, 0) is 11.3 Å². The first kappa shape index (κ1) is 19.8. The van der Waals surface area contributed by atoms with E-state index in [0.29, 0.717) is 18.9 Å². The van der Waals surface area contributed by atoms with E-state index in [-0.39, 0.29) is 30.5 Å². The first-order chi connectivity index (χ1) is 10.5. The Morgan fingerprint density at radius 1 is 1.39 bits per heavy atom. The summed E-state index contributed by atoms with van der Waals surface area (Å²) in [6.45, 7) is 6.55. The minimum atomic E-state index is 0. The first-order valence-electron chi connectivity index (χ1n) is 8.24. The summed E-state index contributed by atoms with van der Waals surface area (Å²) in [4.78, 5) is 12.1. The molecule has 0 aromatic heterocycles. The smallest absolute Gasteiger partial charge is 0.220 e. The van der Waals surface area contributed by atoms with E-state index in [1.165, 1.54) is 0 Å². The molecule has 3 N–H and O–H groups in total. The summed E-state index contributed by atoms with van der Waals surface area (Å²) in [5.74, 6) is 1.27. The molecular formula is C18H29ClN2O2. The molecule has 0 bridgehead atoms. The van der Waals surface area contributed by atoms with Crippen LogP contribution < -0.4 is 15.8 Å². The van der Waals surface area contributed by atoms with Gasteiger partial charge in [0.05, 0.1) is 6.10 Å². The van der Waals surface area contributed by atoms with Crippen LogP contribution in [-0.4, -0.2) is 18.1 Å². The lowest BCUT2D eigenvalue weighted by molar-refractivity contribution is -0.122. The summed E-state index contributed by atoms with van der Waals surface area (Å²) >= 11 is 0. The van der Waals surface area contributed by atoms with Gasteiger partial charge in [-0.15, -0.1) is 12.4 Å². The fourth-order valence-electron chi connectivity index (χ4n) is 2.99. The number of benzene rings is 1. The van der Waals surface area contributed by atoms with Crippen LogP contribution >= 0.6 is 12.4 Å². The van der Waals surface area contributed by atoms with Gasteiger partial charge in [-0.2, -0.15) is 0 Å². The van der Waals surface area contributed by atoms with Gasteiger partial charge >= 0.3 is 0 Å². The number of nitrogens with two attached hydrogens (primary N) is 1. The van der Waals surface area contributed by atoms with Gasteiger partial charge in [-0.05, 0) is 51.2 Å². The van der Waals surface area contributed by atoms with Gasteiger partial charge in [0.2, 0.25) is 5.91 Å². The van der Waals surface area contributed by atoms with Crippen molar-refractivity contribution in [1.82, 2.24) is 5.32 Å². The zero-order valence-electron chi connectivity index (χ0n) is 14.3. The van der Waals surface area contributed by atoms with Crippen LogP contribution in [0.5, 0.6) is 5.75 Å². The predicted molar refractivity (Wildman–Crippen MR) is 96.0 cm³/mol. The van der Waals surface area contributed by atoms with E-state index in [0.717, 1.165) is 36.1 Å². The van der Waals surface area contributed by atoms with E-state index in [4.69, 9.17) is 10.5 Å². The Bertz CT molecular complexity index is 520. The van der Waals surface area contributed by atoms with Crippen LogP contribution in [0.3, 0.4) is 0 Å². The number of hydrogen-bond donors (Lipinski definition) is 2. The van der Waals surface area contributed by atoms with Gasteiger partial charge in [-0.25, -0.2) is 0 Å². The van der Waals surface area contributed by atoms with Crippen LogP contribution in [0.2, 0.25) is 0 Å². The van der Waals surface area contributed by atoms with E-state index in [9.17, 15) is 4.79 Å². The van der Waals surface area contributed by atoms with Crippen molar-refractivity contribution >= 4 is 18.3 Å². The van der Waals surface area contributed by atoms with Gasteiger partial charge in [-0.3, -0.25) is 4.79 Å². The van der Waals surface area contributed by atoms with E-state index in [1.54, 1.807) is 0 Å². The molecule has 130 valence electrons. The molecule has 23 heavy (non-hydrogen) atoms. The highest BCUT2D eigenvalue weighted by Gasteiger charge is 2.25. The third kappa shape index (κ3) is 6.04. The second-order valence-electron chi connectivity index (χ2n) is 6.61. The normalized spacial score (nSPS) is 20.2. The SMILES string of the molecule is Cc1ccc(CNC(=O)C[C@@H]2CCC[C@H]2N)c(OC(C)C)c1.Cl. The molecule has 0 unspecified atom stereocenters. The Labute approximate surface area is 145 Å². The van der Waals surface area contributed by atoms with E-state index in [1.807, 2.05) is 39.0 Å². The summed E-state index contributed by atoms with van der Waals surface area (Å²) in [6, 6.07) is 6.27. The molecular weight excluding hydrogens is 312 g/mol. The highest BCUT2D eigenvalue weighted by molar-refractivity contribution is 5.85. The van der Waals surface area contributed by atoms with Crippen LogP contribution in [0, 0.1) is 12.8 Å². The Hall–Kier alpha value is -1.26. The highest BCUT2D eigenvalue weighted by atomic mass is 35.5. The molecule has 1 aromatic rings. The molecule has 5 heteroatoms. The van der Waals surface area contributed by atoms with Crippen molar-refractivity contribution in [3.05, 3.63) is 29.3 Å². The van der Waals surface area contributed by atoms with Gasteiger partial charge < -0.3 is 15.8 Å². The molecule has 1 saturated carbocycles. The van der Waals surface area contributed by atoms with Crippen molar-refractivity contribution in [1.29, 1.82) is 0 Å². The second-order valence-corrected chi connectivity index (χ2v) is 6.61. The maximum atomic E-state index is 12.1. The second kappa shape index (κ2) is 9.14. The van der Waals surface area contributed by atoms with E-state index < -0.39 is 0 Å². The number of carbonyl (C=O) groups is 1. The highest BCUT2D eigenvalue weighted by Crippen LogP contribution is 2.27. The van der Waals surface area contributed by atoms with Gasteiger partial charge in [-0.1, -0.05) is 18.6 Å². The van der Waals surface area contributed by atoms with Crippen LogP contribution in [0.25, 0.3) is 0 Å². The third-order valence-electron chi connectivity index (χ3n) is 4.23. The molecule has 1 aliphatic carbocycles. The summed E-state index contributed by atoms with van der Waals surface area (Å²) < 4.78 is 5.84. The molecule has 1 amide bonds. The van der Waals surface area contributed by atoms with E-state index in [2.05, 4.69) is 5.32 Å². The number of rotatable bonds is 6. The lowest BCUT2D eigenvalue weighted by atomic mass is 10.00. The van der Waals surface area contributed by atoms with Gasteiger partial charge in [0, 0.05) is 24.6 Å². The monoisotopic (exact) mass is 340 g/mol. The summed E-state index contributed by atoms with van der Waals surface area (Å²) in [7, 11) is 0. The number of nitrogens with one attached hydrogen (secondary N) is 1. The zero-order valence-corrected chi connectivity index (χ0v) is 15.1. The molecule has 0 radical (unpaired) electrons. The van der Waals surface area contributed by atoms with Gasteiger partial charge in [0.25, 0.3) is 0 Å². The van der Waals surface area contributed by atoms with Crippen LogP contribution in [0.1, 0.15) is 50.7 Å².